The van der Waals surface area contributed by atoms with E-state index in [-0.39, 0.29) is 6.10 Å². The van der Waals surface area contributed by atoms with Crippen LogP contribution in [0.4, 0.5) is 0 Å². The summed E-state index contributed by atoms with van der Waals surface area (Å²) in [6.45, 7) is 9.76. The van der Waals surface area contributed by atoms with Gasteiger partial charge in [-0.3, -0.25) is 0 Å². The summed E-state index contributed by atoms with van der Waals surface area (Å²) < 4.78 is 10.7. The van der Waals surface area contributed by atoms with Crippen LogP contribution in [0.15, 0.2) is 4.52 Å². The topological polar surface area (TPSA) is 60.2 Å². The molecule has 0 aliphatic rings. The van der Waals surface area contributed by atoms with Gasteiger partial charge in [-0.05, 0) is 13.3 Å². The summed E-state index contributed by atoms with van der Waals surface area (Å²) in [4.78, 5) is 4.35. The quantitative estimate of drug-likeness (QED) is 0.755. The van der Waals surface area contributed by atoms with Gasteiger partial charge in [0.05, 0.1) is 0 Å². The van der Waals surface area contributed by atoms with E-state index in [4.69, 9.17) is 9.26 Å². The van der Waals surface area contributed by atoms with E-state index in [0.717, 1.165) is 19.4 Å². The predicted molar refractivity (Wildman–Crippen MR) is 65.8 cm³/mol. The Kier molecular flexibility index (Phi) is 6.15. The van der Waals surface area contributed by atoms with Crippen molar-refractivity contribution in [1.29, 1.82) is 0 Å². The van der Waals surface area contributed by atoms with Crippen molar-refractivity contribution in [3.63, 3.8) is 0 Å². The number of hydrogen-bond acceptors (Lipinski definition) is 5. The number of nitrogens with one attached hydrogen (secondary N) is 1. The SMILES string of the molecule is CCOC(CC)c1noc(CCNC(C)C)n1. The third-order valence-electron chi connectivity index (χ3n) is 2.40. The Bertz CT molecular complexity index is 312. The van der Waals surface area contributed by atoms with Gasteiger partial charge in [0.15, 0.2) is 0 Å². The zero-order valence-corrected chi connectivity index (χ0v) is 11.2. The van der Waals surface area contributed by atoms with Gasteiger partial charge in [0.1, 0.15) is 6.10 Å². The zero-order chi connectivity index (χ0) is 12.7. The van der Waals surface area contributed by atoms with Gasteiger partial charge in [-0.1, -0.05) is 25.9 Å². The molecule has 17 heavy (non-hydrogen) atoms. The molecule has 1 heterocycles. The van der Waals surface area contributed by atoms with Crippen LogP contribution in [0.5, 0.6) is 0 Å². The molecule has 0 aliphatic carbocycles. The molecule has 1 aromatic heterocycles. The van der Waals surface area contributed by atoms with Crippen LogP contribution < -0.4 is 5.32 Å². The smallest absolute Gasteiger partial charge is 0.228 e. The standard InChI is InChI=1S/C12H23N3O2/c1-5-10(16-6-2)12-14-11(17-15-12)7-8-13-9(3)4/h9-10,13H,5-8H2,1-4H3. The minimum Gasteiger partial charge on any atom is -0.370 e. The van der Waals surface area contributed by atoms with Crippen molar-refractivity contribution in [2.75, 3.05) is 13.2 Å². The second kappa shape index (κ2) is 7.40. The molecule has 0 saturated carbocycles. The normalized spacial score (nSPS) is 13.2. The minimum absolute atomic E-state index is 0.0458. The molecule has 0 aliphatic heterocycles. The Hall–Kier alpha value is -0.940. The van der Waals surface area contributed by atoms with Crippen molar-refractivity contribution < 1.29 is 9.26 Å². The maximum Gasteiger partial charge on any atom is 0.228 e. The molecule has 0 fully saturated rings. The highest BCUT2D eigenvalue weighted by Crippen LogP contribution is 2.17. The molecule has 1 unspecified atom stereocenters. The molecule has 1 aromatic rings. The van der Waals surface area contributed by atoms with Crippen molar-refractivity contribution in [2.24, 2.45) is 0 Å². The molecule has 0 bridgehead atoms. The zero-order valence-electron chi connectivity index (χ0n) is 11.2. The highest BCUT2D eigenvalue weighted by molar-refractivity contribution is 4.91. The van der Waals surface area contributed by atoms with Crippen molar-refractivity contribution in [3.05, 3.63) is 11.7 Å². The van der Waals surface area contributed by atoms with Crippen molar-refractivity contribution in [2.45, 2.75) is 52.7 Å². The molecule has 98 valence electrons. The lowest BCUT2D eigenvalue weighted by Crippen LogP contribution is -2.25. The van der Waals surface area contributed by atoms with E-state index in [0.29, 0.717) is 24.4 Å². The van der Waals surface area contributed by atoms with Crippen LogP contribution in [0.1, 0.15) is 51.9 Å². The summed E-state index contributed by atoms with van der Waals surface area (Å²) in [6.07, 6.45) is 1.57. The second-order valence-corrected chi connectivity index (χ2v) is 4.26. The Morgan fingerprint density at radius 3 is 2.71 bits per heavy atom. The monoisotopic (exact) mass is 241 g/mol. The average Bonchev–Trinajstić information content (AvgIpc) is 2.74. The van der Waals surface area contributed by atoms with Gasteiger partial charge in [-0.15, -0.1) is 0 Å². The fraction of sp³-hybridized carbons (Fsp3) is 0.833. The van der Waals surface area contributed by atoms with Crippen LogP contribution >= 0.6 is 0 Å². The molecule has 5 nitrogen and oxygen atoms in total. The lowest BCUT2D eigenvalue weighted by atomic mass is 10.2. The second-order valence-electron chi connectivity index (χ2n) is 4.26. The van der Waals surface area contributed by atoms with E-state index in [2.05, 4.69) is 36.2 Å². The molecule has 0 amide bonds. The van der Waals surface area contributed by atoms with E-state index in [1.165, 1.54) is 0 Å². The molecule has 5 heteroatoms. The van der Waals surface area contributed by atoms with E-state index in [1.54, 1.807) is 0 Å². The number of ether oxygens (including phenoxy) is 1. The summed E-state index contributed by atoms with van der Waals surface area (Å²) in [5.41, 5.74) is 0. The number of hydrogen-bond donors (Lipinski definition) is 1. The van der Waals surface area contributed by atoms with Crippen LogP contribution in [0.3, 0.4) is 0 Å². The summed E-state index contributed by atoms with van der Waals surface area (Å²) >= 11 is 0. The van der Waals surface area contributed by atoms with E-state index >= 15 is 0 Å². The Labute approximate surface area is 103 Å². The molecular weight excluding hydrogens is 218 g/mol. The van der Waals surface area contributed by atoms with Crippen molar-refractivity contribution >= 4 is 0 Å². The summed E-state index contributed by atoms with van der Waals surface area (Å²) in [5, 5.41) is 7.28. The first-order valence-electron chi connectivity index (χ1n) is 6.34. The molecule has 0 radical (unpaired) electrons. The summed E-state index contributed by atoms with van der Waals surface area (Å²) in [5.74, 6) is 1.33. The van der Waals surface area contributed by atoms with E-state index in [1.807, 2.05) is 6.92 Å². The van der Waals surface area contributed by atoms with Crippen molar-refractivity contribution in [3.8, 4) is 0 Å². The molecule has 1 rings (SSSR count). The first-order valence-corrected chi connectivity index (χ1v) is 6.34. The molecule has 0 saturated heterocycles. The van der Waals surface area contributed by atoms with Gasteiger partial charge in [0.2, 0.25) is 11.7 Å². The van der Waals surface area contributed by atoms with Crippen LogP contribution in [0.2, 0.25) is 0 Å². The Balaban J connectivity index is 2.46. The van der Waals surface area contributed by atoms with Gasteiger partial charge in [-0.2, -0.15) is 4.98 Å². The van der Waals surface area contributed by atoms with Gasteiger partial charge < -0.3 is 14.6 Å². The van der Waals surface area contributed by atoms with Gasteiger partial charge in [0.25, 0.3) is 0 Å². The summed E-state index contributed by atoms with van der Waals surface area (Å²) in [7, 11) is 0. The molecular formula is C12H23N3O2. The molecule has 1 N–H and O–H groups in total. The fourth-order valence-electron chi connectivity index (χ4n) is 1.54. The first kappa shape index (κ1) is 14.1. The Morgan fingerprint density at radius 1 is 1.35 bits per heavy atom. The number of aromatic nitrogens is 2. The van der Waals surface area contributed by atoms with Gasteiger partial charge in [-0.25, -0.2) is 0 Å². The average molecular weight is 241 g/mol. The Morgan fingerprint density at radius 2 is 2.12 bits per heavy atom. The van der Waals surface area contributed by atoms with E-state index in [9.17, 15) is 0 Å². The van der Waals surface area contributed by atoms with Crippen molar-refractivity contribution in [1.82, 2.24) is 15.5 Å². The molecule has 0 aromatic carbocycles. The maximum atomic E-state index is 5.53. The highest BCUT2D eigenvalue weighted by atomic mass is 16.5. The maximum absolute atomic E-state index is 5.53. The van der Waals surface area contributed by atoms with Gasteiger partial charge in [0, 0.05) is 25.6 Å². The van der Waals surface area contributed by atoms with Gasteiger partial charge >= 0.3 is 0 Å². The predicted octanol–water partition coefficient (Wildman–Crippen LogP) is 2.10. The van der Waals surface area contributed by atoms with E-state index < -0.39 is 0 Å². The number of rotatable bonds is 8. The lowest BCUT2D eigenvalue weighted by Gasteiger charge is -2.09. The van der Waals surface area contributed by atoms with Crippen LogP contribution in [-0.4, -0.2) is 29.3 Å². The third-order valence-corrected chi connectivity index (χ3v) is 2.40. The van der Waals surface area contributed by atoms with Crippen LogP contribution in [0, 0.1) is 0 Å². The first-order chi connectivity index (χ1) is 8.17. The fourth-order valence-corrected chi connectivity index (χ4v) is 1.54. The molecule has 1 atom stereocenters. The summed E-state index contributed by atoms with van der Waals surface area (Å²) in [6, 6.07) is 0.476. The largest absolute Gasteiger partial charge is 0.370 e. The molecule has 0 spiro atoms. The van der Waals surface area contributed by atoms with Crippen LogP contribution in [0.25, 0.3) is 0 Å². The number of nitrogens with zero attached hydrogens (tertiary/aromatic N) is 2. The van der Waals surface area contributed by atoms with Crippen LogP contribution in [-0.2, 0) is 11.2 Å². The third kappa shape index (κ3) is 4.83. The lowest BCUT2D eigenvalue weighted by molar-refractivity contribution is 0.0518. The highest BCUT2D eigenvalue weighted by Gasteiger charge is 2.16. The minimum atomic E-state index is -0.0458.